The summed E-state index contributed by atoms with van der Waals surface area (Å²) in [5.41, 5.74) is 0.439. The first kappa shape index (κ1) is 12.1. The molecule has 1 atom stereocenters. The Bertz CT molecular complexity index is 251. The molecule has 0 aromatic carbocycles. The van der Waals surface area contributed by atoms with Crippen LogP contribution in [-0.4, -0.2) is 18.9 Å². The van der Waals surface area contributed by atoms with E-state index in [1.807, 2.05) is 0 Å². The number of carbonyl (C=O) groups is 1. The van der Waals surface area contributed by atoms with Gasteiger partial charge in [-0.3, -0.25) is 4.79 Å². The van der Waals surface area contributed by atoms with Crippen LogP contribution in [0, 0.1) is 17.3 Å². The van der Waals surface area contributed by atoms with E-state index in [0.29, 0.717) is 23.0 Å². The molecule has 1 aliphatic carbocycles. The number of hydrogen-bond donors (Lipinski definition) is 1. The van der Waals surface area contributed by atoms with Gasteiger partial charge in [-0.1, -0.05) is 26.7 Å². The van der Waals surface area contributed by atoms with Crippen molar-refractivity contribution in [3.8, 4) is 0 Å². The van der Waals surface area contributed by atoms with Gasteiger partial charge in [-0.2, -0.15) is 0 Å². The average Bonchev–Trinajstić information content (AvgIpc) is 3.00. The third-order valence-electron chi connectivity index (χ3n) is 4.82. The van der Waals surface area contributed by atoms with E-state index in [0.717, 1.165) is 32.4 Å². The second kappa shape index (κ2) is 4.87. The second-order valence-electron chi connectivity index (χ2n) is 5.72. The van der Waals surface area contributed by atoms with Crippen molar-refractivity contribution >= 4 is 5.78 Å². The van der Waals surface area contributed by atoms with E-state index in [4.69, 9.17) is 0 Å². The number of rotatable bonds is 5. The highest BCUT2D eigenvalue weighted by atomic mass is 16.1. The first-order valence-electron chi connectivity index (χ1n) is 6.95. The van der Waals surface area contributed by atoms with Gasteiger partial charge in [0.1, 0.15) is 5.78 Å². The number of ketones is 1. The molecule has 1 saturated carbocycles. The lowest BCUT2D eigenvalue weighted by atomic mass is 9.88. The minimum Gasteiger partial charge on any atom is -0.317 e. The number of piperidine rings is 1. The minimum absolute atomic E-state index is 0.426. The van der Waals surface area contributed by atoms with Gasteiger partial charge < -0.3 is 5.32 Å². The van der Waals surface area contributed by atoms with Crippen LogP contribution >= 0.6 is 0 Å². The number of nitrogens with one attached hydrogen (secondary N) is 1. The summed E-state index contributed by atoms with van der Waals surface area (Å²) in [5, 5.41) is 3.39. The zero-order valence-electron chi connectivity index (χ0n) is 10.7. The van der Waals surface area contributed by atoms with Crippen molar-refractivity contribution in [2.24, 2.45) is 17.3 Å². The van der Waals surface area contributed by atoms with Crippen molar-refractivity contribution in [3.05, 3.63) is 0 Å². The third-order valence-corrected chi connectivity index (χ3v) is 4.82. The Hall–Kier alpha value is -0.370. The minimum atomic E-state index is 0.426. The molecule has 1 unspecified atom stereocenters. The van der Waals surface area contributed by atoms with Crippen LogP contribution in [0.15, 0.2) is 0 Å². The third kappa shape index (κ3) is 2.32. The maximum absolute atomic E-state index is 12.2. The van der Waals surface area contributed by atoms with E-state index in [2.05, 4.69) is 19.2 Å². The highest BCUT2D eigenvalue weighted by Gasteiger charge is 2.56. The van der Waals surface area contributed by atoms with Crippen LogP contribution < -0.4 is 5.32 Å². The van der Waals surface area contributed by atoms with Crippen LogP contribution in [0.25, 0.3) is 0 Å². The van der Waals surface area contributed by atoms with Crippen molar-refractivity contribution in [1.29, 1.82) is 0 Å². The van der Waals surface area contributed by atoms with Crippen LogP contribution in [-0.2, 0) is 4.79 Å². The van der Waals surface area contributed by atoms with E-state index in [-0.39, 0.29) is 0 Å². The second-order valence-corrected chi connectivity index (χ2v) is 5.72. The van der Waals surface area contributed by atoms with Gasteiger partial charge in [0.15, 0.2) is 0 Å². The van der Waals surface area contributed by atoms with Crippen molar-refractivity contribution in [2.45, 2.75) is 52.4 Å². The van der Waals surface area contributed by atoms with Crippen LogP contribution in [0.3, 0.4) is 0 Å². The van der Waals surface area contributed by atoms with E-state index in [1.54, 1.807) is 0 Å². The zero-order valence-corrected chi connectivity index (χ0v) is 10.7. The quantitative estimate of drug-likeness (QED) is 0.776. The normalized spacial score (nSPS) is 27.3. The Kier molecular flexibility index (Phi) is 3.68. The molecule has 2 heteroatoms. The number of carbonyl (C=O) groups excluding carboxylic acids is 1. The highest BCUT2D eigenvalue weighted by molar-refractivity contribution is 5.85. The lowest BCUT2D eigenvalue weighted by Gasteiger charge is -2.23. The Morgan fingerprint density at radius 2 is 1.94 bits per heavy atom. The summed E-state index contributed by atoms with van der Waals surface area (Å²) < 4.78 is 0. The van der Waals surface area contributed by atoms with Gasteiger partial charge in [0.25, 0.3) is 0 Å². The van der Waals surface area contributed by atoms with Crippen molar-refractivity contribution < 1.29 is 4.79 Å². The van der Waals surface area contributed by atoms with Crippen LogP contribution in [0.2, 0.25) is 0 Å². The molecular weight excluding hydrogens is 198 g/mol. The molecule has 1 spiro atoms. The molecule has 0 bridgehead atoms. The molecule has 16 heavy (non-hydrogen) atoms. The topological polar surface area (TPSA) is 29.1 Å². The molecule has 2 fully saturated rings. The molecule has 1 heterocycles. The standard InChI is InChI=1S/C14H25NO/c1-3-11(4-2)9-13(16)12-10-14(12)5-7-15-8-6-14/h11-12,15H,3-10H2,1-2H3. The Morgan fingerprint density at radius 3 is 2.50 bits per heavy atom. The maximum atomic E-state index is 12.2. The molecule has 2 nitrogen and oxygen atoms in total. The zero-order chi connectivity index (χ0) is 11.6. The van der Waals surface area contributed by atoms with Crippen molar-refractivity contribution in [3.63, 3.8) is 0 Å². The largest absolute Gasteiger partial charge is 0.317 e. The van der Waals surface area contributed by atoms with Gasteiger partial charge in [-0.25, -0.2) is 0 Å². The van der Waals surface area contributed by atoms with Crippen molar-refractivity contribution in [2.75, 3.05) is 13.1 Å². The molecule has 2 aliphatic rings. The van der Waals surface area contributed by atoms with Gasteiger partial charge in [0.05, 0.1) is 0 Å². The maximum Gasteiger partial charge on any atom is 0.136 e. The first-order valence-corrected chi connectivity index (χ1v) is 6.95. The SMILES string of the molecule is CCC(CC)CC(=O)C1CC12CCNCC2. The van der Waals surface area contributed by atoms with E-state index < -0.39 is 0 Å². The van der Waals surface area contributed by atoms with Gasteiger partial charge in [0.2, 0.25) is 0 Å². The van der Waals surface area contributed by atoms with E-state index >= 15 is 0 Å². The molecule has 0 aromatic rings. The monoisotopic (exact) mass is 223 g/mol. The summed E-state index contributed by atoms with van der Waals surface area (Å²) in [4.78, 5) is 12.2. The molecule has 0 aromatic heterocycles. The van der Waals surface area contributed by atoms with Gasteiger partial charge in [0, 0.05) is 12.3 Å². The number of Topliss-reactive ketones (excluding diaryl/α,β-unsaturated/α-hetero) is 1. The first-order chi connectivity index (χ1) is 7.72. The Labute approximate surface area is 99.2 Å². The lowest BCUT2D eigenvalue weighted by Crippen LogP contribution is -2.30. The van der Waals surface area contributed by atoms with E-state index in [9.17, 15) is 4.79 Å². The summed E-state index contributed by atoms with van der Waals surface area (Å²) in [5.74, 6) is 1.62. The molecule has 92 valence electrons. The predicted octanol–water partition coefficient (Wildman–Crippen LogP) is 2.77. The van der Waals surface area contributed by atoms with Crippen LogP contribution in [0.1, 0.15) is 52.4 Å². The predicted molar refractivity (Wildman–Crippen MR) is 66.3 cm³/mol. The molecule has 2 rings (SSSR count). The summed E-state index contributed by atoms with van der Waals surface area (Å²) in [7, 11) is 0. The van der Waals surface area contributed by atoms with Crippen molar-refractivity contribution in [1.82, 2.24) is 5.32 Å². The molecule has 1 N–H and O–H groups in total. The van der Waals surface area contributed by atoms with Gasteiger partial charge in [-0.05, 0) is 43.7 Å². The summed E-state index contributed by atoms with van der Waals surface area (Å²) in [6.07, 6.45) is 6.80. The molecule has 0 radical (unpaired) electrons. The van der Waals surface area contributed by atoms with Gasteiger partial charge >= 0.3 is 0 Å². The number of hydrogen-bond acceptors (Lipinski definition) is 2. The highest BCUT2D eigenvalue weighted by Crippen LogP contribution is 2.59. The Balaban J connectivity index is 1.83. The smallest absolute Gasteiger partial charge is 0.136 e. The molecule has 1 saturated heterocycles. The fourth-order valence-corrected chi connectivity index (χ4v) is 3.28. The fraction of sp³-hybridized carbons (Fsp3) is 0.929. The molecule has 1 aliphatic heterocycles. The molecular formula is C14H25NO. The molecule has 0 amide bonds. The summed E-state index contributed by atoms with van der Waals surface area (Å²) in [6, 6.07) is 0. The van der Waals surface area contributed by atoms with E-state index in [1.165, 1.54) is 19.3 Å². The summed E-state index contributed by atoms with van der Waals surface area (Å²) in [6.45, 7) is 6.65. The van der Waals surface area contributed by atoms with Gasteiger partial charge in [-0.15, -0.1) is 0 Å². The summed E-state index contributed by atoms with van der Waals surface area (Å²) >= 11 is 0. The Morgan fingerprint density at radius 1 is 1.31 bits per heavy atom. The average molecular weight is 223 g/mol. The van der Waals surface area contributed by atoms with Crippen LogP contribution in [0.5, 0.6) is 0 Å². The lowest BCUT2D eigenvalue weighted by molar-refractivity contribution is -0.122. The fourth-order valence-electron chi connectivity index (χ4n) is 3.28. The van der Waals surface area contributed by atoms with Crippen LogP contribution in [0.4, 0.5) is 0 Å².